The van der Waals surface area contributed by atoms with E-state index in [9.17, 15) is 9.59 Å². The van der Waals surface area contributed by atoms with E-state index in [0.29, 0.717) is 0 Å². The number of rotatable bonds is 2. The normalized spacial score (nSPS) is 30.0. The van der Waals surface area contributed by atoms with Crippen LogP contribution < -0.4 is 0 Å². The summed E-state index contributed by atoms with van der Waals surface area (Å²) in [5.74, 6) is -0.474. The Morgan fingerprint density at radius 2 is 2.42 bits per heavy atom. The van der Waals surface area contributed by atoms with Crippen molar-refractivity contribution < 1.29 is 19.4 Å². The zero-order chi connectivity index (χ0) is 9.14. The van der Waals surface area contributed by atoms with Crippen molar-refractivity contribution in [2.45, 2.75) is 19.1 Å². The van der Waals surface area contributed by atoms with Gasteiger partial charge in [-0.25, -0.2) is 0 Å². The highest BCUT2D eigenvalue weighted by Gasteiger charge is 2.31. The largest absolute Gasteiger partial charge is 0.382 e. The zero-order valence-electron chi connectivity index (χ0n) is 6.69. The highest BCUT2D eigenvalue weighted by atomic mass is 16.5. The molecule has 0 aromatic carbocycles. The van der Waals surface area contributed by atoms with Crippen LogP contribution in [0.3, 0.4) is 0 Å². The fourth-order valence-electron chi connectivity index (χ4n) is 0.929. The van der Waals surface area contributed by atoms with Crippen LogP contribution in [0.1, 0.15) is 6.92 Å². The van der Waals surface area contributed by atoms with E-state index in [0.717, 1.165) is 0 Å². The number of allylic oxidation sites excluding steroid dienone is 1. The van der Waals surface area contributed by atoms with Gasteiger partial charge in [-0.05, 0) is 19.1 Å². The van der Waals surface area contributed by atoms with E-state index < -0.39 is 12.2 Å². The van der Waals surface area contributed by atoms with Crippen LogP contribution in [0, 0.1) is 0 Å². The SMILES string of the molecule is CC(=O)/C=C/[C@H]1OCC(=O)[C@H]1O. The summed E-state index contributed by atoms with van der Waals surface area (Å²) in [6, 6.07) is 0. The second-order valence-corrected chi connectivity index (χ2v) is 2.66. The summed E-state index contributed by atoms with van der Waals surface area (Å²) in [7, 11) is 0. The molecule has 0 aliphatic carbocycles. The van der Waals surface area contributed by atoms with Crippen molar-refractivity contribution in [2.75, 3.05) is 6.61 Å². The smallest absolute Gasteiger partial charge is 0.189 e. The Balaban J connectivity index is 2.55. The summed E-state index contributed by atoms with van der Waals surface area (Å²) < 4.78 is 4.89. The lowest BCUT2D eigenvalue weighted by Gasteiger charge is -2.05. The van der Waals surface area contributed by atoms with Crippen molar-refractivity contribution >= 4 is 11.6 Å². The highest BCUT2D eigenvalue weighted by Crippen LogP contribution is 2.11. The van der Waals surface area contributed by atoms with E-state index in [1.807, 2.05) is 0 Å². The summed E-state index contributed by atoms with van der Waals surface area (Å²) in [4.78, 5) is 21.2. The number of ketones is 2. The maximum absolute atomic E-state index is 10.7. The molecule has 0 bridgehead atoms. The standard InChI is InChI=1S/C8H10O4/c1-5(9)2-3-7-8(11)6(10)4-12-7/h2-3,7-8,11H,4H2,1H3/b3-2+/t7-,8-/m1/s1. The summed E-state index contributed by atoms with van der Waals surface area (Å²) in [6.07, 6.45) is 0.923. The van der Waals surface area contributed by atoms with Crippen molar-refractivity contribution in [2.24, 2.45) is 0 Å². The Hall–Kier alpha value is -1.00. The molecule has 0 radical (unpaired) electrons. The first-order chi connectivity index (χ1) is 5.61. The molecule has 2 atom stereocenters. The quantitative estimate of drug-likeness (QED) is 0.565. The van der Waals surface area contributed by atoms with Crippen LogP contribution in [0.25, 0.3) is 0 Å². The Morgan fingerprint density at radius 3 is 2.83 bits per heavy atom. The highest BCUT2D eigenvalue weighted by molar-refractivity contribution is 5.89. The summed E-state index contributed by atoms with van der Waals surface area (Å²) in [6.45, 7) is 1.31. The summed E-state index contributed by atoms with van der Waals surface area (Å²) >= 11 is 0. The first-order valence-electron chi connectivity index (χ1n) is 3.62. The van der Waals surface area contributed by atoms with Crippen LogP contribution in [0.15, 0.2) is 12.2 Å². The molecule has 1 saturated heterocycles. The minimum absolute atomic E-state index is 0.0753. The van der Waals surface area contributed by atoms with Crippen molar-refractivity contribution in [3.05, 3.63) is 12.2 Å². The third-order valence-corrected chi connectivity index (χ3v) is 1.58. The number of ether oxygens (including phenoxy) is 1. The van der Waals surface area contributed by atoms with Gasteiger partial charge < -0.3 is 9.84 Å². The van der Waals surface area contributed by atoms with Crippen molar-refractivity contribution in [3.63, 3.8) is 0 Å². The van der Waals surface area contributed by atoms with Gasteiger partial charge in [0.2, 0.25) is 0 Å². The van der Waals surface area contributed by atoms with Gasteiger partial charge in [0, 0.05) is 0 Å². The number of carbonyl (C=O) groups is 2. The Bertz CT molecular complexity index is 231. The molecular weight excluding hydrogens is 160 g/mol. The lowest BCUT2D eigenvalue weighted by molar-refractivity contribution is -0.123. The van der Waals surface area contributed by atoms with Crippen LogP contribution in [-0.4, -0.2) is 35.5 Å². The van der Waals surface area contributed by atoms with E-state index in [1.54, 1.807) is 0 Å². The molecule has 0 spiro atoms. The van der Waals surface area contributed by atoms with Gasteiger partial charge in [-0.15, -0.1) is 0 Å². The Morgan fingerprint density at radius 1 is 1.75 bits per heavy atom. The second kappa shape index (κ2) is 3.60. The molecule has 66 valence electrons. The molecule has 0 unspecified atom stereocenters. The molecule has 0 aromatic heterocycles. The molecule has 1 aliphatic rings. The maximum atomic E-state index is 10.7. The molecule has 0 amide bonds. The second-order valence-electron chi connectivity index (χ2n) is 2.66. The van der Waals surface area contributed by atoms with Gasteiger partial charge in [-0.3, -0.25) is 9.59 Å². The number of hydrogen-bond acceptors (Lipinski definition) is 4. The molecule has 1 heterocycles. The van der Waals surface area contributed by atoms with E-state index in [1.165, 1.54) is 19.1 Å². The third kappa shape index (κ3) is 1.99. The molecule has 1 rings (SSSR count). The number of aliphatic hydroxyl groups excluding tert-OH is 1. The minimum Gasteiger partial charge on any atom is -0.382 e. The molecule has 0 saturated carbocycles. The van der Waals surface area contributed by atoms with Gasteiger partial charge in [0.15, 0.2) is 11.6 Å². The molecule has 1 aliphatic heterocycles. The van der Waals surface area contributed by atoms with Crippen LogP contribution in [0.5, 0.6) is 0 Å². The Kier molecular flexibility index (Phi) is 2.73. The van der Waals surface area contributed by atoms with Gasteiger partial charge in [0.25, 0.3) is 0 Å². The van der Waals surface area contributed by atoms with Gasteiger partial charge in [-0.2, -0.15) is 0 Å². The first-order valence-corrected chi connectivity index (χ1v) is 3.62. The van der Waals surface area contributed by atoms with Gasteiger partial charge in [-0.1, -0.05) is 0 Å². The summed E-state index contributed by atoms with van der Waals surface area (Å²) in [5, 5.41) is 9.13. The van der Waals surface area contributed by atoms with Crippen LogP contribution in [0.2, 0.25) is 0 Å². The molecule has 0 aromatic rings. The fourth-order valence-corrected chi connectivity index (χ4v) is 0.929. The van der Waals surface area contributed by atoms with Crippen LogP contribution in [-0.2, 0) is 14.3 Å². The van der Waals surface area contributed by atoms with Gasteiger partial charge in [0.05, 0.1) is 0 Å². The van der Waals surface area contributed by atoms with Crippen molar-refractivity contribution in [3.8, 4) is 0 Å². The average molecular weight is 170 g/mol. The number of Topliss-reactive ketones (excluding diaryl/α,β-unsaturated/α-hetero) is 1. The van der Waals surface area contributed by atoms with Crippen molar-refractivity contribution in [1.29, 1.82) is 0 Å². The molecule has 4 nitrogen and oxygen atoms in total. The van der Waals surface area contributed by atoms with E-state index in [4.69, 9.17) is 9.84 Å². The fraction of sp³-hybridized carbons (Fsp3) is 0.500. The number of hydrogen-bond donors (Lipinski definition) is 1. The molecule has 1 N–H and O–H groups in total. The number of carbonyl (C=O) groups excluding carboxylic acids is 2. The van der Waals surface area contributed by atoms with Crippen molar-refractivity contribution in [1.82, 2.24) is 0 Å². The summed E-state index contributed by atoms with van der Waals surface area (Å²) in [5.41, 5.74) is 0. The van der Waals surface area contributed by atoms with Gasteiger partial charge in [0.1, 0.15) is 18.8 Å². The lowest BCUT2D eigenvalue weighted by atomic mass is 10.1. The first kappa shape index (κ1) is 9.09. The van der Waals surface area contributed by atoms with Crippen LogP contribution in [0.4, 0.5) is 0 Å². The van der Waals surface area contributed by atoms with E-state index in [2.05, 4.69) is 0 Å². The molecule has 12 heavy (non-hydrogen) atoms. The molecule has 1 fully saturated rings. The average Bonchev–Trinajstić information content (AvgIpc) is 2.30. The monoisotopic (exact) mass is 170 g/mol. The lowest BCUT2D eigenvalue weighted by Crippen LogP contribution is -2.24. The topological polar surface area (TPSA) is 63.6 Å². The van der Waals surface area contributed by atoms with Crippen LogP contribution >= 0.6 is 0 Å². The molecular formula is C8H10O4. The number of aliphatic hydroxyl groups is 1. The predicted molar refractivity (Wildman–Crippen MR) is 40.6 cm³/mol. The predicted octanol–water partition coefficient (Wildman–Crippen LogP) is -0.540. The van der Waals surface area contributed by atoms with Gasteiger partial charge >= 0.3 is 0 Å². The maximum Gasteiger partial charge on any atom is 0.189 e. The van der Waals surface area contributed by atoms with E-state index in [-0.39, 0.29) is 18.2 Å². The minimum atomic E-state index is -1.11. The molecule has 4 heteroatoms. The third-order valence-electron chi connectivity index (χ3n) is 1.58. The van der Waals surface area contributed by atoms with E-state index >= 15 is 0 Å². The zero-order valence-corrected chi connectivity index (χ0v) is 6.69. The Labute approximate surface area is 69.8 Å².